The summed E-state index contributed by atoms with van der Waals surface area (Å²) < 4.78 is 11.3. The molecule has 0 N–H and O–H groups in total. The van der Waals surface area contributed by atoms with Crippen LogP contribution in [0.2, 0.25) is 5.02 Å². The van der Waals surface area contributed by atoms with Gasteiger partial charge in [-0.15, -0.1) is 0 Å². The van der Waals surface area contributed by atoms with Crippen molar-refractivity contribution in [2.24, 2.45) is 0 Å². The Labute approximate surface area is 146 Å². The number of hydrogen-bond donors (Lipinski definition) is 0. The molecule has 1 aromatic heterocycles. The molecule has 2 heterocycles. The molecule has 3 rings (SSSR count). The summed E-state index contributed by atoms with van der Waals surface area (Å²) in [5.74, 6) is 1.40. The standard InChI is InChI=1S/C18H20ClN3O2/c19-15-4-2-14(3-5-15)17-12-21-18(24-17)13-22(9-1-8-20)16-6-10-23-11-7-16/h2-5,12,16H,1,6-7,9-11,13H2. The molecular formula is C18H20ClN3O2. The summed E-state index contributed by atoms with van der Waals surface area (Å²) >= 11 is 5.92. The molecule has 2 aromatic rings. The van der Waals surface area contributed by atoms with Crippen LogP contribution < -0.4 is 0 Å². The largest absolute Gasteiger partial charge is 0.439 e. The predicted molar refractivity (Wildman–Crippen MR) is 91.4 cm³/mol. The summed E-state index contributed by atoms with van der Waals surface area (Å²) in [6.45, 7) is 2.88. The van der Waals surface area contributed by atoms with Crippen LogP contribution in [0.4, 0.5) is 0 Å². The van der Waals surface area contributed by atoms with E-state index in [2.05, 4.69) is 16.0 Å². The zero-order valence-corrected chi connectivity index (χ0v) is 14.2. The lowest BCUT2D eigenvalue weighted by atomic mass is 10.1. The molecule has 0 bridgehead atoms. The Morgan fingerprint density at radius 2 is 2.00 bits per heavy atom. The van der Waals surface area contributed by atoms with Gasteiger partial charge in [-0.05, 0) is 37.1 Å². The molecule has 0 unspecified atom stereocenters. The monoisotopic (exact) mass is 345 g/mol. The summed E-state index contributed by atoms with van der Waals surface area (Å²) in [6, 6.07) is 10.1. The summed E-state index contributed by atoms with van der Waals surface area (Å²) in [5.41, 5.74) is 0.952. The Morgan fingerprint density at radius 1 is 1.25 bits per heavy atom. The van der Waals surface area contributed by atoms with Crippen LogP contribution in [0, 0.1) is 11.3 Å². The van der Waals surface area contributed by atoms with E-state index < -0.39 is 0 Å². The third-order valence-electron chi connectivity index (χ3n) is 4.24. The topological polar surface area (TPSA) is 62.3 Å². The molecule has 1 fully saturated rings. The van der Waals surface area contributed by atoms with E-state index in [9.17, 15) is 0 Å². The Kier molecular flexibility index (Phi) is 5.86. The van der Waals surface area contributed by atoms with Crippen LogP contribution in [0.5, 0.6) is 0 Å². The van der Waals surface area contributed by atoms with Crippen molar-refractivity contribution >= 4 is 11.6 Å². The zero-order valence-electron chi connectivity index (χ0n) is 13.4. The van der Waals surface area contributed by atoms with Crippen molar-refractivity contribution in [3.05, 3.63) is 41.4 Å². The van der Waals surface area contributed by atoms with Gasteiger partial charge >= 0.3 is 0 Å². The highest BCUT2D eigenvalue weighted by Crippen LogP contribution is 2.24. The average Bonchev–Trinajstić information content (AvgIpc) is 3.08. The maximum atomic E-state index is 8.90. The Morgan fingerprint density at radius 3 is 2.71 bits per heavy atom. The van der Waals surface area contributed by atoms with Gasteiger partial charge in [-0.1, -0.05) is 11.6 Å². The summed E-state index contributed by atoms with van der Waals surface area (Å²) in [7, 11) is 0. The van der Waals surface area contributed by atoms with E-state index >= 15 is 0 Å². The van der Waals surface area contributed by atoms with Crippen molar-refractivity contribution in [1.29, 1.82) is 5.26 Å². The lowest BCUT2D eigenvalue weighted by Gasteiger charge is -2.32. The van der Waals surface area contributed by atoms with E-state index in [0.29, 0.717) is 29.9 Å². The predicted octanol–water partition coefficient (Wildman–Crippen LogP) is 3.89. The third-order valence-corrected chi connectivity index (χ3v) is 4.49. The number of benzene rings is 1. The molecule has 5 nitrogen and oxygen atoms in total. The van der Waals surface area contributed by atoms with Crippen LogP contribution in [-0.2, 0) is 11.3 Å². The highest BCUT2D eigenvalue weighted by atomic mass is 35.5. The molecular weight excluding hydrogens is 326 g/mol. The quantitative estimate of drug-likeness (QED) is 0.794. The van der Waals surface area contributed by atoms with Crippen LogP contribution in [0.25, 0.3) is 11.3 Å². The molecule has 0 radical (unpaired) electrons. The van der Waals surface area contributed by atoms with Gasteiger partial charge in [0.25, 0.3) is 0 Å². The molecule has 0 aliphatic carbocycles. The molecule has 0 amide bonds. The Bertz CT molecular complexity index is 687. The van der Waals surface area contributed by atoms with Crippen molar-refractivity contribution in [3.63, 3.8) is 0 Å². The molecule has 6 heteroatoms. The number of nitrogens with zero attached hydrogens (tertiary/aromatic N) is 3. The molecule has 1 saturated heterocycles. The van der Waals surface area contributed by atoms with Gasteiger partial charge < -0.3 is 9.15 Å². The molecule has 1 aliphatic heterocycles. The van der Waals surface area contributed by atoms with Gasteiger partial charge in [0, 0.05) is 42.8 Å². The van der Waals surface area contributed by atoms with Gasteiger partial charge in [-0.2, -0.15) is 5.26 Å². The molecule has 1 aliphatic rings. The van der Waals surface area contributed by atoms with E-state index in [1.54, 1.807) is 6.20 Å². The first-order valence-electron chi connectivity index (χ1n) is 8.15. The van der Waals surface area contributed by atoms with Crippen LogP contribution in [0.15, 0.2) is 34.9 Å². The highest BCUT2D eigenvalue weighted by molar-refractivity contribution is 6.30. The molecule has 1 aromatic carbocycles. The summed E-state index contributed by atoms with van der Waals surface area (Å²) in [5, 5.41) is 9.60. The smallest absolute Gasteiger partial charge is 0.209 e. The van der Waals surface area contributed by atoms with Gasteiger partial charge in [0.1, 0.15) is 0 Å². The third kappa shape index (κ3) is 4.35. The van der Waals surface area contributed by atoms with E-state index in [1.807, 2.05) is 24.3 Å². The SMILES string of the molecule is N#CCCN(Cc1ncc(-c2ccc(Cl)cc2)o1)C1CCOCC1. The van der Waals surface area contributed by atoms with E-state index in [0.717, 1.165) is 43.9 Å². The fourth-order valence-electron chi connectivity index (χ4n) is 2.94. The Balaban J connectivity index is 1.70. The number of rotatable bonds is 6. The molecule has 0 atom stereocenters. The number of halogens is 1. The maximum Gasteiger partial charge on any atom is 0.209 e. The zero-order chi connectivity index (χ0) is 16.8. The van der Waals surface area contributed by atoms with Crippen molar-refractivity contribution in [2.75, 3.05) is 19.8 Å². The first-order valence-corrected chi connectivity index (χ1v) is 8.53. The summed E-state index contributed by atoms with van der Waals surface area (Å²) in [4.78, 5) is 6.68. The normalized spacial score (nSPS) is 15.5. The second-order valence-corrected chi connectivity index (χ2v) is 6.28. The van der Waals surface area contributed by atoms with E-state index in [4.69, 9.17) is 26.0 Å². The number of hydrogen-bond acceptors (Lipinski definition) is 5. The Hall–Kier alpha value is -1.87. The van der Waals surface area contributed by atoms with Crippen molar-refractivity contribution in [3.8, 4) is 17.4 Å². The van der Waals surface area contributed by atoms with Gasteiger partial charge in [0.05, 0.1) is 18.8 Å². The van der Waals surface area contributed by atoms with Crippen molar-refractivity contribution in [2.45, 2.75) is 31.8 Å². The summed E-state index contributed by atoms with van der Waals surface area (Å²) in [6.07, 6.45) is 4.21. The van der Waals surface area contributed by atoms with Crippen LogP contribution in [-0.4, -0.2) is 35.7 Å². The van der Waals surface area contributed by atoms with Crippen LogP contribution in [0.3, 0.4) is 0 Å². The van der Waals surface area contributed by atoms with Crippen LogP contribution >= 0.6 is 11.6 Å². The van der Waals surface area contributed by atoms with Crippen LogP contribution in [0.1, 0.15) is 25.2 Å². The lowest BCUT2D eigenvalue weighted by Crippen LogP contribution is -2.39. The average molecular weight is 346 g/mol. The molecule has 24 heavy (non-hydrogen) atoms. The number of ether oxygens (including phenoxy) is 1. The minimum atomic E-state index is 0.415. The van der Waals surface area contributed by atoms with Crippen molar-refractivity contribution in [1.82, 2.24) is 9.88 Å². The first kappa shape index (κ1) is 17.0. The number of oxazole rings is 1. The van der Waals surface area contributed by atoms with Gasteiger partial charge in [0.15, 0.2) is 5.76 Å². The second-order valence-electron chi connectivity index (χ2n) is 5.85. The first-order chi connectivity index (χ1) is 11.8. The number of aromatic nitrogens is 1. The van der Waals surface area contributed by atoms with E-state index in [-0.39, 0.29) is 0 Å². The highest BCUT2D eigenvalue weighted by Gasteiger charge is 2.23. The minimum Gasteiger partial charge on any atom is -0.439 e. The van der Waals surface area contributed by atoms with Crippen molar-refractivity contribution < 1.29 is 9.15 Å². The fourth-order valence-corrected chi connectivity index (χ4v) is 3.07. The lowest BCUT2D eigenvalue weighted by molar-refractivity contribution is 0.0289. The van der Waals surface area contributed by atoms with Gasteiger partial charge in [-0.25, -0.2) is 4.98 Å². The maximum absolute atomic E-state index is 8.90. The second kappa shape index (κ2) is 8.29. The number of nitriles is 1. The fraction of sp³-hybridized carbons (Fsp3) is 0.444. The van der Waals surface area contributed by atoms with Gasteiger partial charge in [-0.3, -0.25) is 4.90 Å². The minimum absolute atomic E-state index is 0.415. The molecule has 0 spiro atoms. The van der Waals surface area contributed by atoms with E-state index in [1.165, 1.54) is 0 Å². The molecule has 0 saturated carbocycles. The molecule has 126 valence electrons. The van der Waals surface area contributed by atoms with Gasteiger partial charge in [0.2, 0.25) is 5.89 Å².